The van der Waals surface area contributed by atoms with E-state index in [0.717, 1.165) is 36.5 Å². The summed E-state index contributed by atoms with van der Waals surface area (Å²) in [5.41, 5.74) is 0.433. The Morgan fingerprint density at radius 3 is 1.50 bits per heavy atom. The van der Waals surface area contributed by atoms with E-state index in [1.54, 1.807) is 38.2 Å². The summed E-state index contributed by atoms with van der Waals surface area (Å²) in [6, 6.07) is 0. The van der Waals surface area contributed by atoms with Crippen molar-refractivity contribution in [1.29, 1.82) is 10.8 Å². The molecule has 0 aromatic rings. The second-order valence-electron chi connectivity index (χ2n) is 9.50. The maximum absolute atomic E-state index is 9.94. The average molecular weight is 418 g/mol. The van der Waals surface area contributed by atoms with E-state index >= 15 is 0 Å². The third-order valence-corrected chi connectivity index (χ3v) is 7.48. The van der Waals surface area contributed by atoms with Gasteiger partial charge in [0, 0.05) is 0 Å². The lowest BCUT2D eigenvalue weighted by Gasteiger charge is -2.28. The van der Waals surface area contributed by atoms with Gasteiger partial charge in [0.2, 0.25) is 18.2 Å². The van der Waals surface area contributed by atoms with E-state index in [0.29, 0.717) is 5.41 Å². The number of nitrogens with one attached hydrogen (secondary N) is 2. The molecule has 4 rings (SSSR count). The number of nitrogens with zero attached hydrogens (tertiary/aromatic N) is 1. The highest BCUT2D eigenvalue weighted by Crippen LogP contribution is 2.54. The van der Waals surface area contributed by atoms with Crippen LogP contribution in [-0.2, 0) is 14.4 Å². The fourth-order valence-electron chi connectivity index (χ4n) is 6.05. The zero-order valence-electron chi connectivity index (χ0n) is 18.4. The molecule has 0 unspecified atom stereocenters. The molecule has 0 atom stereocenters. The lowest BCUT2D eigenvalue weighted by Crippen LogP contribution is -2.17. The lowest BCUT2D eigenvalue weighted by molar-refractivity contribution is 0.244. The number of carbonyl (C=O) groups excluding carboxylic acids is 3. The molecular formula is C24H39N3O3. The minimum Gasteiger partial charge on any atom is -0.222 e. The van der Waals surface area contributed by atoms with Crippen LogP contribution in [0.2, 0.25) is 0 Å². The van der Waals surface area contributed by atoms with Crippen LogP contribution in [0.4, 0.5) is 0 Å². The molecule has 2 N–H and O–H groups in total. The van der Waals surface area contributed by atoms with Crippen molar-refractivity contribution < 1.29 is 14.4 Å². The van der Waals surface area contributed by atoms with Crippen LogP contribution >= 0.6 is 0 Å². The van der Waals surface area contributed by atoms with Crippen LogP contribution in [0.1, 0.15) is 103 Å². The van der Waals surface area contributed by atoms with Gasteiger partial charge < -0.3 is 0 Å². The van der Waals surface area contributed by atoms with Gasteiger partial charge in [0.25, 0.3) is 0 Å². The lowest BCUT2D eigenvalue weighted by atomic mass is 9.78. The average Bonchev–Trinajstić information content (AvgIpc) is 3.37. The largest absolute Gasteiger partial charge is 0.234 e. The fourth-order valence-corrected chi connectivity index (χ4v) is 6.05. The molecule has 0 aliphatic heterocycles. The van der Waals surface area contributed by atoms with Gasteiger partial charge >= 0.3 is 0 Å². The highest BCUT2D eigenvalue weighted by atomic mass is 16.1. The van der Waals surface area contributed by atoms with Gasteiger partial charge in [0.15, 0.2) is 0 Å². The first-order valence-electron chi connectivity index (χ1n) is 11.7. The summed E-state index contributed by atoms with van der Waals surface area (Å²) in [4.78, 5) is 30.4. The zero-order chi connectivity index (χ0) is 22.1. The molecule has 4 aliphatic rings. The molecule has 0 amide bonds. The number of fused-ring (bicyclic) bond motifs is 2. The molecule has 0 radical (unpaired) electrons. The molecule has 2 bridgehead atoms. The van der Waals surface area contributed by atoms with Gasteiger partial charge in [-0.15, -0.1) is 0 Å². The van der Waals surface area contributed by atoms with Gasteiger partial charge in [0.05, 0.1) is 6.54 Å². The zero-order valence-corrected chi connectivity index (χ0v) is 18.4. The van der Waals surface area contributed by atoms with Crippen LogP contribution < -0.4 is 0 Å². The monoisotopic (exact) mass is 417 g/mol. The van der Waals surface area contributed by atoms with E-state index in [4.69, 9.17) is 20.4 Å². The van der Waals surface area contributed by atoms with Gasteiger partial charge in [-0.3, -0.25) is 0 Å². The predicted octanol–water partition coefficient (Wildman–Crippen LogP) is 6.24. The van der Waals surface area contributed by atoms with Crippen LogP contribution in [0.15, 0.2) is 4.99 Å². The molecule has 6 nitrogen and oxygen atoms in total. The van der Waals surface area contributed by atoms with E-state index in [2.05, 4.69) is 4.99 Å². The Morgan fingerprint density at radius 1 is 0.733 bits per heavy atom. The van der Waals surface area contributed by atoms with E-state index in [9.17, 15) is 4.79 Å². The third kappa shape index (κ3) is 10.3. The van der Waals surface area contributed by atoms with Crippen molar-refractivity contribution in [2.75, 3.05) is 6.54 Å². The van der Waals surface area contributed by atoms with E-state index in [-0.39, 0.29) is 0 Å². The first-order valence-corrected chi connectivity index (χ1v) is 11.7. The van der Waals surface area contributed by atoms with Crippen molar-refractivity contribution in [2.24, 2.45) is 28.2 Å². The fraction of sp³-hybridized carbons (Fsp3) is 0.875. The molecule has 168 valence electrons. The highest BCUT2D eigenvalue weighted by molar-refractivity contribution is 5.33. The predicted molar refractivity (Wildman–Crippen MR) is 117 cm³/mol. The van der Waals surface area contributed by atoms with Gasteiger partial charge in [-0.25, -0.2) is 30.2 Å². The summed E-state index contributed by atoms with van der Waals surface area (Å²) in [5.74, 6) is 3.20. The maximum Gasteiger partial charge on any atom is 0.234 e. The van der Waals surface area contributed by atoms with Gasteiger partial charge in [0.1, 0.15) is 0 Å². The molecule has 4 fully saturated rings. The SMILES string of the molecule is C1CCC(CC2CCCCC2)CC1.N=C=O.N=C=O.O=C=NCC12CCC(CC1)C2. The van der Waals surface area contributed by atoms with Crippen LogP contribution in [0, 0.1) is 34.0 Å². The van der Waals surface area contributed by atoms with Crippen LogP contribution in [0.5, 0.6) is 0 Å². The molecule has 0 heterocycles. The molecule has 0 spiro atoms. The second-order valence-corrected chi connectivity index (χ2v) is 9.50. The summed E-state index contributed by atoms with van der Waals surface area (Å²) >= 11 is 0. The molecule has 0 aromatic heterocycles. The number of rotatable bonds is 4. The Kier molecular flexibility index (Phi) is 13.9. The van der Waals surface area contributed by atoms with Crippen molar-refractivity contribution in [1.82, 2.24) is 0 Å². The number of hydrogen-bond acceptors (Lipinski definition) is 6. The Balaban J connectivity index is 0.000000240. The summed E-state index contributed by atoms with van der Waals surface area (Å²) in [7, 11) is 0. The summed E-state index contributed by atoms with van der Waals surface area (Å²) in [6.07, 6.45) is 26.7. The van der Waals surface area contributed by atoms with E-state index < -0.39 is 0 Å². The number of isocyanates is 3. The first-order chi connectivity index (χ1) is 14.6. The van der Waals surface area contributed by atoms with Gasteiger partial charge in [-0.05, 0) is 61.7 Å². The quantitative estimate of drug-likeness (QED) is 0.417. The minimum absolute atomic E-state index is 0.433. The van der Waals surface area contributed by atoms with Crippen molar-refractivity contribution in [2.45, 2.75) is 103 Å². The Labute approximate surface area is 181 Å². The summed E-state index contributed by atoms with van der Waals surface area (Å²) < 4.78 is 0. The molecule has 4 saturated carbocycles. The first kappa shape index (κ1) is 26.2. The van der Waals surface area contributed by atoms with E-state index in [1.807, 2.05) is 0 Å². The Hall–Kier alpha value is -1.86. The van der Waals surface area contributed by atoms with Crippen LogP contribution in [0.25, 0.3) is 0 Å². The molecule has 4 aliphatic carbocycles. The Bertz CT molecular complexity index is 541. The standard InChI is InChI=1S/C13H24.C9H13NO.2CHNO/c1-3-7-12(8-4-1)11-13-9-5-2-6-10-13;11-7-10-6-9-3-1-8(5-9)2-4-9;2*2-1-3/h12-13H,1-11H2;8H,1-6H2;2*2H. The van der Waals surface area contributed by atoms with E-state index in [1.165, 1.54) is 70.6 Å². The minimum atomic E-state index is 0.433. The number of aliphatic imine (C=N–C) groups is 1. The Morgan fingerprint density at radius 2 is 1.17 bits per heavy atom. The molecule has 6 heteroatoms. The maximum atomic E-state index is 9.94. The molecule has 30 heavy (non-hydrogen) atoms. The molecule has 0 saturated heterocycles. The van der Waals surface area contributed by atoms with Gasteiger partial charge in [-0.1, -0.05) is 64.2 Å². The van der Waals surface area contributed by atoms with Crippen molar-refractivity contribution >= 4 is 18.2 Å². The van der Waals surface area contributed by atoms with Gasteiger partial charge in [-0.2, -0.15) is 0 Å². The highest BCUT2D eigenvalue weighted by Gasteiger charge is 2.44. The molecule has 0 aromatic carbocycles. The smallest absolute Gasteiger partial charge is 0.222 e. The van der Waals surface area contributed by atoms with Crippen molar-refractivity contribution in [3.05, 3.63) is 0 Å². The van der Waals surface area contributed by atoms with Crippen LogP contribution in [-0.4, -0.2) is 24.8 Å². The van der Waals surface area contributed by atoms with Crippen molar-refractivity contribution in [3.8, 4) is 0 Å². The normalized spacial score (nSPS) is 27.4. The molecular weight excluding hydrogens is 378 g/mol. The summed E-state index contributed by atoms with van der Waals surface area (Å²) in [5, 5.41) is 10.8. The summed E-state index contributed by atoms with van der Waals surface area (Å²) in [6.45, 7) is 0.743. The van der Waals surface area contributed by atoms with Crippen LogP contribution in [0.3, 0.4) is 0 Å². The van der Waals surface area contributed by atoms with Crippen molar-refractivity contribution in [3.63, 3.8) is 0 Å². The topological polar surface area (TPSA) is 111 Å². The number of hydrogen-bond donors (Lipinski definition) is 2. The second kappa shape index (κ2) is 15.9. The third-order valence-electron chi connectivity index (χ3n) is 7.48.